The molecule has 1 aromatic carbocycles. The monoisotopic (exact) mass is 274 g/mol. The van der Waals surface area contributed by atoms with Crippen molar-refractivity contribution in [3.63, 3.8) is 0 Å². The number of fused-ring (bicyclic) bond motifs is 1. The van der Waals surface area contributed by atoms with Crippen molar-refractivity contribution in [1.29, 1.82) is 0 Å². The van der Waals surface area contributed by atoms with Crippen LogP contribution >= 0.6 is 0 Å². The molecular weight excluding hydrogens is 256 g/mol. The van der Waals surface area contributed by atoms with Gasteiger partial charge in [-0.3, -0.25) is 9.59 Å². The maximum absolute atomic E-state index is 11.7. The van der Waals surface area contributed by atoms with Gasteiger partial charge in [-0.25, -0.2) is 0 Å². The third-order valence-corrected chi connectivity index (χ3v) is 3.15. The number of esters is 1. The van der Waals surface area contributed by atoms with Crippen LogP contribution in [0.1, 0.15) is 19.4 Å². The van der Waals surface area contributed by atoms with E-state index in [1.165, 1.54) is 13.8 Å². The summed E-state index contributed by atoms with van der Waals surface area (Å²) in [5.41, 5.74) is 2.08. The highest BCUT2D eigenvalue weighted by Crippen LogP contribution is 2.18. The molecule has 1 aromatic heterocycles. The Kier molecular flexibility index (Phi) is 4.40. The van der Waals surface area contributed by atoms with E-state index in [9.17, 15) is 9.59 Å². The smallest absolute Gasteiger partial charge is 0.302 e. The van der Waals surface area contributed by atoms with E-state index in [4.69, 9.17) is 4.74 Å². The van der Waals surface area contributed by atoms with Crippen LogP contribution in [0.5, 0.6) is 0 Å². The lowest BCUT2D eigenvalue weighted by Gasteiger charge is -2.21. The minimum absolute atomic E-state index is 0.0410. The summed E-state index contributed by atoms with van der Waals surface area (Å²) in [6, 6.07) is 7.97. The summed E-state index contributed by atoms with van der Waals surface area (Å²) in [6.07, 6.45) is 1.88. The van der Waals surface area contributed by atoms with E-state index in [1.807, 2.05) is 30.5 Å². The van der Waals surface area contributed by atoms with Gasteiger partial charge >= 0.3 is 5.97 Å². The molecule has 1 amide bonds. The van der Waals surface area contributed by atoms with Crippen LogP contribution in [0.3, 0.4) is 0 Å². The molecule has 0 aliphatic rings. The maximum atomic E-state index is 11.7. The molecule has 0 aliphatic heterocycles. The average Bonchev–Trinajstić information content (AvgIpc) is 2.86. The molecule has 0 bridgehead atoms. The van der Waals surface area contributed by atoms with Crippen molar-refractivity contribution >= 4 is 22.8 Å². The first-order chi connectivity index (χ1) is 9.58. The topological polar surface area (TPSA) is 62.4 Å². The van der Waals surface area contributed by atoms with Crippen molar-refractivity contribution < 1.29 is 14.3 Å². The van der Waals surface area contributed by atoms with Gasteiger partial charge in [0.15, 0.2) is 0 Å². The highest BCUT2D eigenvalue weighted by Gasteiger charge is 2.12. The Morgan fingerprint density at radius 1 is 1.25 bits per heavy atom. The third-order valence-electron chi connectivity index (χ3n) is 3.15. The normalized spacial score (nSPS) is 10.5. The van der Waals surface area contributed by atoms with Gasteiger partial charge in [-0.05, 0) is 17.0 Å². The fourth-order valence-corrected chi connectivity index (χ4v) is 2.13. The molecule has 2 aromatic rings. The molecule has 0 aliphatic carbocycles. The number of carbonyl (C=O) groups is 2. The number of hydrogen-bond acceptors (Lipinski definition) is 3. The largest absolute Gasteiger partial charge is 0.464 e. The van der Waals surface area contributed by atoms with E-state index >= 15 is 0 Å². The molecule has 2 rings (SSSR count). The van der Waals surface area contributed by atoms with Crippen LogP contribution in [0.2, 0.25) is 0 Å². The average molecular weight is 274 g/mol. The molecule has 0 unspecified atom stereocenters. The summed E-state index contributed by atoms with van der Waals surface area (Å²) in [5, 5.41) is 1.12. The van der Waals surface area contributed by atoms with Gasteiger partial charge in [0.05, 0.1) is 12.1 Å². The van der Waals surface area contributed by atoms with Crippen LogP contribution in [0.25, 0.3) is 10.9 Å². The van der Waals surface area contributed by atoms with Gasteiger partial charge in [0.1, 0.15) is 6.61 Å². The number of ether oxygens (including phenoxy) is 1. The van der Waals surface area contributed by atoms with Gasteiger partial charge < -0.3 is 14.6 Å². The van der Waals surface area contributed by atoms with Crippen molar-refractivity contribution in [2.24, 2.45) is 0 Å². The Labute approximate surface area is 117 Å². The van der Waals surface area contributed by atoms with Crippen LogP contribution < -0.4 is 0 Å². The number of aromatic nitrogens is 1. The van der Waals surface area contributed by atoms with Gasteiger partial charge in [-0.2, -0.15) is 0 Å². The van der Waals surface area contributed by atoms with Crippen LogP contribution in [-0.4, -0.2) is 34.9 Å². The predicted octanol–water partition coefficient (Wildman–Crippen LogP) is 2.08. The number of carbonyl (C=O) groups excluding carboxylic acids is 2. The Balaban J connectivity index is 2.09. The number of amides is 1. The number of nitrogens with one attached hydrogen (secondary N) is 1. The first-order valence-electron chi connectivity index (χ1n) is 6.52. The van der Waals surface area contributed by atoms with Crippen molar-refractivity contribution in [2.75, 3.05) is 13.2 Å². The molecule has 5 nitrogen and oxygen atoms in total. The molecule has 0 saturated carbocycles. The zero-order valence-electron chi connectivity index (χ0n) is 11.7. The molecule has 0 atom stereocenters. The van der Waals surface area contributed by atoms with Gasteiger partial charge in [0.2, 0.25) is 5.91 Å². The van der Waals surface area contributed by atoms with Crippen LogP contribution in [0.4, 0.5) is 0 Å². The van der Waals surface area contributed by atoms with Gasteiger partial charge in [-0.1, -0.05) is 18.2 Å². The van der Waals surface area contributed by atoms with E-state index in [-0.39, 0.29) is 18.5 Å². The van der Waals surface area contributed by atoms with Crippen LogP contribution in [0.15, 0.2) is 30.5 Å². The second kappa shape index (κ2) is 6.23. The number of para-hydroxylation sites is 1. The van der Waals surface area contributed by atoms with Crippen molar-refractivity contribution in [3.05, 3.63) is 36.0 Å². The predicted molar refractivity (Wildman–Crippen MR) is 76.0 cm³/mol. The summed E-state index contributed by atoms with van der Waals surface area (Å²) in [5.74, 6) is -0.374. The van der Waals surface area contributed by atoms with E-state index in [0.29, 0.717) is 13.1 Å². The van der Waals surface area contributed by atoms with Gasteiger partial charge in [-0.15, -0.1) is 0 Å². The zero-order valence-corrected chi connectivity index (χ0v) is 11.7. The molecule has 0 spiro atoms. The van der Waals surface area contributed by atoms with Crippen molar-refractivity contribution in [2.45, 2.75) is 20.4 Å². The van der Waals surface area contributed by atoms with E-state index in [2.05, 4.69) is 4.98 Å². The number of nitrogens with zero attached hydrogens (tertiary/aromatic N) is 1. The Morgan fingerprint density at radius 2 is 2.05 bits per heavy atom. The Bertz CT molecular complexity index is 618. The number of hydrogen-bond donors (Lipinski definition) is 1. The SMILES string of the molecule is CC(=O)OCCN(Cc1cccc2cc[nH]c12)C(C)=O. The summed E-state index contributed by atoms with van der Waals surface area (Å²) in [4.78, 5) is 27.3. The summed E-state index contributed by atoms with van der Waals surface area (Å²) < 4.78 is 4.89. The minimum Gasteiger partial charge on any atom is -0.464 e. The molecule has 0 radical (unpaired) electrons. The van der Waals surface area contributed by atoms with Crippen LogP contribution in [0, 0.1) is 0 Å². The van der Waals surface area contributed by atoms with Gasteiger partial charge in [0, 0.05) is 26.6 Å². The standard InChI is InChI=1S/C15H18N2O3/c1-11(18)17(8-9-20-12(2)19)10-14-5-3-4-13-6-7-16-15(13)14/h3-7,16H,8-10H2,1-2H3. The number of rotatable bonds is 5. The molecule has 5 heteroatoms. The highest BCUT2D eigenvalue weighted by atomic mass is 16.5. The summed E-state index contributed by atoms with van der Waals surface area (Å²) in [6.45, 7) is 3.98. The lowest BCUT2D eigenvalue weighted by molar-refractivity contribution is -0.143. The lowest BCUT2D eigenvalue weighted by atomic mass is 10.1. The fraction of sp³-hybridized carbons (Fsp3) is 0.333. The second-order valence-corrected chi connectivity index (χ2v) is 4.64. The zero-order chi connectivity index (χ0) is 14.5. The Hall–Kier alpha value is -2.30. The van der Waals surface area contributed by atoms with Crippen molar-refractivity contribution in [1.82, 2.24) is 9.88 Å². The summed E-state index contributed by atoms with van der Waals surface area (Å²) in [7, 11) is 0. The molecule has 0 fully saturated rings. The quantitative estimate of drug-likeness (QED) is 0.849. The fourth-order valence-electron chi connectivity index (χ4n) is 2.13. The molecule has 1 heterocycles. The third kappa shape index (κ3) is 3.38. The molecule has 1 N–H and O–H groups in total. The number of aromatic amines is 1. The van der Waals surface area contributed by atoms with E-state index in [1.54, 1.807) is 4.90 Å². The molecule has 20 heavy (non-hydrogen) atoms. The molecule has 106 valence electrons. The van der Waals surface area contributed by atoms with E-state index in [0.717, 1.165) is 16.5 Å². The Morgan fingerprint density at radius 3 is 2.75 bits per heavy atom. The van der Waals surface area contributed by atoms with E-state index < -0.39 is 0 Å². The highest BCUT2D eigenvalue weighted by molar-refractivity contribution is 5.83. The second-order valence-electron chi connectivity index (χ2n) is 4.64. The maximum Gasteiger partial charge on any atom is 0.302 e. The first kappa shape index (κ1) is 14.1. The van der Waals surface area contributed by atoms with Crippen LogP contribution in [-0.2, 0) is 20.9 Å². The number of benzene rings is 1. The van der Waals surface area contributed by atoms with Gasteiger partial charge in [0.25, 0.3) is 0 Å². The number of H-pyrrole nitrogens is 1. The molecular formula is C15H18N2O3. The van der Waals surface area contributed by atoms with Crippen molar-refractivity contribution in [3.8, 4) is 0 Å². The first-order valence-corrected chi connectivity index (χ1v) is 6.52. The minimum atomic E-state index is -0.333. The summed E-state index contributed by atoms with van der Waals surface area (Å²) >= 11 is 0. The lowest BCUT2D eigenvalue weighted by Crippen LogP contribution is -2.32. The molecule has 0 saturated heterocycles.